The second kappa shape index (κ2) is 3.48. The molecule has 2 saturated carbocycles. The third-order valence-corrected chi connectivity index (χ3v) is 5.71. The van der Waals surface area contributed by atoms with Crippen molar-refractivity contribution < 1.29 is 4.79 Å². The predicted octanol–water partition coefficient (Wildman–Crippen LogP) is 3.02. The molecule has 3 fully saturated rings. The Morgan fingerprint density at radius 1 is 1.12 bits per heavy atom. The third-order valence-electron chi connectivity index (χ3n) is 5.71. The molecule has 0 aromatic rings. The summed E-state index contributed by atoms with van der Waals surface area (Å²) in [6, 6.07) is 0. The maximum atomic E-state index is 11.9. The van der Waals surface area contributed by atoms with Crippen LogP contribution >= 0.6 is 0 Å². The Kier molecular flexibility index (Phi) is 2.31. The fraction of sp³-hybridized carbons (Fsp3) is 0.929. The van der Waals surface area contributed by atoms with Crippen LogP contribution in [0.15, 0.2) is 0 Å². The number of carbonyl (C=O) groups is 1. The molecule has 16 heavy (non-hydrogen) atoms. The van der Waals surface area contributed by atoms with E-state index in [1.807, 2.05) is 0 Å². The van der Waals surface area contributed by atoms with E-state index in [2.05, 4.69) is 12.2 Å². The van der Waals surface area contributed by atoms with Crippen LogP contribution in [0.5, 0.6) is 0 Å². The fourth-order valence-corrected chi connectivity index (χ4v) is 4.39. The van der Waals surface area contributed by atoms with Crippen LogP contribution in [0.4, 0.5) is 0 Å². The number of nitrogens with one attached hydrogen (secondary N) is 1. The van der Waals surface area contributed by atoms with Gasteiger partial charge < -0.3 is 5.32 Å². The average Bonchev–Trinajstić information content (AvgIpc) is 2.36. The third kappa shape index (κ3) is 1.28. The van der Waals surface area contributed by atoms with E-state index in [4.69, 9.17) is 0 Å². The number of hydrogen-bond donors (Lipinski definition) is 1. The lowest BCUT2D eigenvalue weighted by atomic mass is 9.54. The van der Waals surface area contributed by atoms with E-state index in [0.717, 1.165) is 12.3 Å². The van der Waals surface area contributed by atoms with E-state index in [1.54, 1.807) is 0 Å². The van der Waals surface area contributed by atoms with Gasteiger partial charge in [-0.1, -0.05) is 32.6 Å². The zero-order chi connectivity index (χ0) is 11.2. The molecule has 1 unspecified atom stereocenters. The quantitative estimate of drug-likeness (QED) is 0.724. The van der Waals surface area contributed by atoms with Gasteiger partial charge in [0.25, 0.3) is 0 Å². The van der Waals surface area contributed by atoms with Gasteiger partial charge in [0.1, 0.15) is 0 Å². The Morgan fingerprint density at radius 2 is 1.81 bits per heavy atom. The molecule has 3 aliphatic rings. The molecular weight excluding hydrogens is 198 g/mol. The molecule has 2 aliphatic carbocycles. The van der Waals surface area contributed by atoms with Crippen molar-refractivity contribution in [2.75, 3.05) is 0 Å². The second-order valence-corrected chi connectivity index (χ2v) is 6.41. The van der Waals surface area contributed by atoms with Gasteiger partial charge in [-0.05, 0) is 31.6 Å². The van der Waals surface area contributed by atoms with Gasteiger partial charge in [0, 0.05) is 17.4 Å². The number of amides is 1. The van der Waals surface area contributed by atoms with Crippen molar-refractivity contribution in [2.45, 2.75) is 70.3 Å². The first-order chi connectivity index (χ1) is 7.66. The van der Waals surface area contributed by atoms with Crippen LogP contribution in [0, 0.1) is 11.3 Å². The lowest BCUT2D eigenvalue weighted by Gasteiger charge is -2.52. The molecule has 1 aliphatic heterocycles. The highest BCUT2D eigenvalue weighted by Gasteiger charge is 2.59. The Bertz CT molecular complexity index is 294. The largest absolute Gasteiger partial charge is 0.350 e. The van der Waals surface area contributed by atoms with Crippen molar-refractivity contribution >= 4 is 5.91 Å². The summed E-state index contributed by atoms with van der Waals surface area (Å²) in [4.78, 5) is 11.9. The molecule has 0 aromatic carbocycles. The molecule has 0 radical (unpaired) electrons. The van der Waals surface area contributed by atoms with Gasteiger partial charge in [-0.15, -0.1) is 0 Å². The van der Waals surface area contributed by atoms with Crippen LogP contribution in [0.3, 0.4) is 0 Å². The Balaban J connectivity index is 1.91. The molecule has 1 N–H and O–H groups in total. The molecule has 2 heteroatoms. The lowest BCUT2D eigenvalue weighted by molar-refractivity contribution is -0.120. The Labute approximate surface area is 98.2 Å². The van der Waals surface area contributed by atoms with Crippen molar-refractivity contribution in [3.8, 4) is 0 Å². The summed E-state index contributed by atoms with van der Waals surface area (Å²) < 4.78 is 0. The molecule has 1 spiro atoms. The first kappa shape index (κ1) is 10.6. The summed E-state index contributed by atoms with van der Waals surface area (Å²) in [5, 5.41) is 3.37. The SMILES string of the molecule is CC1(C2CCC2)CC(=O)NC12CCCCC2. The van der Waals surface area contributed by atoms with Gasteiger partial charge >= 0.3 is 0 Å². The van der Waals surface area contributed by atoms with E-state index in [0.29, 0.717) is 5.91 Å². The number of rotatable bonds is 1. The summed E-state index contributed by atoms with van der Waals surface area (Å²) in [6.45, 7) is 2.39. The zero-order valence-corrected chi connectivity index (χ0v) is 10.3. The number of carbonyl (C=O) groups excluding carboxylic acids is 1. The Morgan fingerprint density at radius 3 is 2.38 bits per heavy atom. The van der Waals surface area contributed by atoms with Crippen molar-refractivity contribution in [3.63, 3.8) is 0 Å². The summed E-state index contributed by atoms with van der Waals surface area (Å²) >= 11 is 0. The smallest absolute Gasteiger partial charge is 0.221 e. The highest BCUT2D eigenvalue weighted by atomic mass is 16.2. The van der Waals surface area contributed by atoms with Gasteiger partial charge in [0.05, 0.1) is 0 Å². The molecule has 2 nitrogen and oxygen atoms in total. The molecule has 90 valence electrons. The molecule has 1 atom stereocenters. The van der Waals surface area contributed by atoms with Crippen molar-refractivity contribution in [3.05, 3.63) is 0 Å². The lowest BCUT2D eigenvalue weighted by Crippen LogP contribution is -2.56. The minimum atomic E-state index is 0.174. The highest BCUT2D eigenvalue weighted by Crippen LogP contribution is 2.57. The average molecular weight is 221 g/mol. The molecule has 0 aromatic heterocycles. The number of hydrogen-bond acceptors (Lipinski definition) is 1. The van der Waals surface area contributed by atoms with Crippen LogP contribution in [0.1, 0.15) is 64.7 Å². The molecule has 1 saturated heterocycles. The highest BCUT2D eigenvalue weighted by molar-refractivity contribution is 5.81. The first-order valence-electron chi connectivity index (χ1n) is 6.97. The van der Waals surface area contributed by atoms with Crippen LogP contribution in [0.25, 0.3) is 0 Å². The van der Waals surface area contributed by atoms with Crippen molar-refractivity contribution in [1.82, 2.24) is 5.32 Å². The molecule has 1 amide bonds. The minimum Gasteiger partial charge on any atom is -0.350 e. The standard InChI is InChI=1S/C14H23NO/c1-13(11-6-5-7-11)10-12(16)15-14(13)8-3-2-4-9-14/h11H,2-10H2,1H3,(H,15,16). The summed E-state index contributed by atoms with van der Waals surface area (Å²) in [5.74, 6) is 1.13. The monoisotopic (exact) mass is 221 g/mol. The molecular formula is C14H23NO. The fourth-order valence-electron chi connectivity index (χ4n) is 4.39. The van der Waals surface area contributed by atoms with Crippen LogP contribution in [0.2, 0.25) is 0 Å². The van der Waals surface area contributed by atoms with E-state index in [1.165, 1.54) is 51.4 Å². The van der Waals surface area contributed by atoms with Crippen molar-refractivity contribution in [1.29, 1.82) is 0 Å². The van der Waals surface area contributed by atoms with E-state index >= 15 is 0 Å². The van der Waals surface area contributed by atoms with Gasteiger partial charge in [0.2, 0.25) is 5.91 Å². The topological polar surface area (TPSA) is 29.1 Å². The van der Waals surface area contributed by atoms with Crippen molar-refractivity contribution in [2.24, 2.45) is 11.3 Å². The van der Waals surface area contributed by atoms with Gasteiger partial charge in [0.15, 0.2) is 0 Å². The first-order valence-corrected chi connectivity index (χ1v) is 6.97. The zero-order valence-electron chi connectivity index (χ0n) is 10.3. The minimum absolute atomic E-state index is 0.174. The van der Waals surface area contributed by atoms with Crippen LogP contribution < -0.4 is 5.32 Å². The Hall–Kier alpha value is -0.530. The molecule has 3 rings (SSSR count). The summed E-state index contributed by atoms with van der Waals surface area (Å²) in [7, 11) is 0. The van der Waals surface area contributed by atoms with Gasteiger partial charge in [-0.3, -0.25) is 4.79 Å². The summed E-state index contributed by atoms with van der Waals surface area (Å²) in [5.41, 5.74) is 0.441. The molecule has 0 bridgehead atoms. The van der Waals surface area contributed by atoms with Gasteiger partial charge in [-0.2, -0.15) is 0 Å². The van der Waals surface area contributed by atoms with Crippen LogP contribution in [-0.4, -0.2) is 11.4 Å². The maximum absolute atomic E-state index is 11.9. The van der Waals surface area contributed by atoms with E-state index in [9.17, 15) is 4.79 Å². The second-order valence-electron chi connectivity index (χ2n) is 6.41. The van der Waals surface area contributed by atoms with Gasteiger partial charge in [-0.25, -0.2) is 0 Å². The summed E-state index contributed by atoms with van der Waals surface area (Å²) in [6.07, 6.45) is 11.3. The van der Waals surface area contributed by atoms with E-state index in [-0.39, 0.29) is 11.0 Å². The van der Waals surface area contributed by atoms with Crippen LogP contribution in [-0.2, 0) is 4.79 Å². The van der Waals surface area contributed by atoms with E-state index < -0.39 is 0 Å². The maximum Gasteiger partial charge on any atom is 0.221 e. The normalized spacial score (nSPS) is 38.4. The predicted molar refractivity (Wildman–Crippen MR) is 64.0 cm³/mol. The molecule has 1 heterocycles.